The second-order valence-electron chi connectivity index (χ2n) is 6.96. The average Bonchev–Trinajstić information content (AvgIpc) is 3.02. The summed E-state index contributed by atoms with van der Waals surface area (Å²) in [5, 5.41) is 1.51. The van der Waals surface area contributed by atoms with E-state index in [1.54, 1.807) is 0 Å². The van der Waals surface area contributed by atoms with Gasteiger partial charge < -0.3 is 4.90 Å². The molecule has 2 aromatic rings. The Kier molecular flexibility index (Phi) is 6.77. The summed E-state index contributed by atoms with van der Waals surface area (Å²) in [6.45, 7) is 3.97. The molecule has 0 saturated carbocycles. The van der Waals surface area contributed by atoms with Gasteiger partial charge in [0, 0.05) is 41.3 Å². The second kappa shape index (κ2) is 9.05. The van der Waals surface area contributed by atoms with E-state index in [1.807, 2.05) is 18.2 Å². The molecule has 25 heavy (non-hydrogen) atoms. The SMILES string of the molecule is CN1CCCC1CCN(Cc1ccccc1)Cc1c(Cl)cccc1Cl. The summed E-state index contributed by atoms with van der Waals surface area (Å²) in [7, 11) is 2.24. The Hall–Kier alpha value is -1.06. The second-order valence-corrected chi connectivity index (χ2v) is 7.78. The minimum atomic E-state index is 0.694. The molecule has 1 fully saturated rings. The number of rotatable bonds is 7. The van der Waals surface area contributed by atoms with Crippen molar-refractivity contribution in [3.63, 3.8) is 0 Å². The van der Waals surface area contributed by atoms with Gasteiger partial charge in [-0.3, -0.25) is 4.90 Å². The Morgan fingerprint density at radius 3 is 2.36 bits per heavy atom. The third kappa shape index (κ3) is 5.21. The number of halogens is 2. The minimum Gasteiger partial charge on any atom is -0.303 e. The van der Waals surface area contributed by atoms with E-state index < -0.39 is 0 Å². The van der Waals surface area contributed by atoms with Crippen LogP contribution in [0.1, 0.15) is 30.4 Å². The lowest BCUT2D eigenvalue weighted by molar-refractivity contribution is 0.211. The monoisotopic (exact) mass is 376 g/mol. The fourth-order valence-electron chi connectivity index (χ4n) is 3.64. The first-order valence-corrected chi connectivity index (χ1v) is 9.78. The van der Waals surface area contributed by atoms with E-state index in [0.29, 0.717) is 6.04 Å². The minimum absolute atomic E-state index is 0.694. The van der Waals surface area contributed by atoms with Crippen LogP contribution in [-0.2, 0) is 13.1 Å². The zero-order valence-corrected chi connectivity index (χ0v) is 16.3. The average molecular weight is 377 g/mol. The Labute approximate surface area is 161 Å². The highest BCUT2D eigenvalue weighted by molar-refractivity contribution is 6.35. The number of hydrogen-bond donors (Lipinski definition) is 0. The van der Waals surface area contributed by atoms with E-state index in [-0.39, 0.29) is 0 Å². The molecule has 1 unspecified atom stereocenters. The summed E-state index contributed by atoms with van der Waals surface area (Å²) in [4.78, 5) is 4.96. The van der Waals surface area contributed by atoms with Gasteiger partial charge in [0.05, 0.1) is 0 Å². The molecule has 0 aliphatic carbocycles. The van der Waals surface area contributed by atoms with Crippen LogP contribution in [0.4, 0.5) is 0 Å². The molecule has 0 bridgehead atoms. The molecule has 0 spiro atoms. The molecule has 0 N–H and O–H groups in total. The first-order valence-electron chi connectivity index (χ1n) is 9.03. The van der Waals surface area contributed by atoms with E-state index >= 15 is 0 Å². The van der Waals surface area contributed by atoms with Gasteiger partial charge >= 0.3 is 0 Å². The van der Waals surface area contributed by atoms with Gasteiger partial charge in [-0.25, -0.2) is 0 Å². The third-order valence-corrected chi connectivity index (χ3v) is 5.85. The molecule has 2 aromatic carbocycles. The molecule has 1 saturated heterocycles. The van der Waals surface area contributed by atoms with Crippen LogP contribution in [0.3, 0.4) is 0 Å². The van der Waals surface area contributed by atoms with E-state index in [0.717, 1.165) is 35.2 Å². The first-order chi connectivity index (χ1) is 12.1. The van der Waals surface area contributed by atoms with Crippen LogP contribution in [0, 0.1) is 0 Å². The Morgan fingerprint density at radius 1 is 1.00 bits per heavy atom. The van der Waals surface area contributed by atoms with Gasteiger partial charge in [-0.15, -0.1) is 0 Å². The van der Waals surface area contributed by atoms with Crippen molar-refractivity contribution in [2.45, 2.75) is 38.4 Å². The van der Waals surface area contributed by atoms with Crippen LogP contribution < -0.4 is 0 Å². The lowest BCUT2D eigenvalue weighted by Crippen LogP contribution is -2.31. The molecular weight excluding hydrogens is 351 g/mol. The summed E-state index contributed by atoms with van der Waals surface area (Å²) in [6, 6.07) is 17.1. The lowest BCUT2D eigenvalue weighted by Gasteiger charge is -2.27. The molecule has 3 rings (SSSR count). The van der Waals surface area contributed by atoms with Gasteiger partial charge in [-0.1, -0.05) is 59.6 Å². The number of hydrogen-bond acceptors (Lipinski definition) is 2. The first kappa shape index (κ1) is 18.7. The Bertz CT molecular complexity index is 655. The van der Waals surface area contributed by atoms with Crippen molar-refractivity contribution in [3.05, 3.63) is 69.7 Å². The highest BCUT2D eigenvalue weighted by atomic mass is 35.5. The van der Waals surface area contributed by atoms with E-state index in [2.05, 4.69) is 47.2 Å². The molecule has 0 amide bonds. The van der Waals surface area contributed by atoms with Crippen LogP contribution >= 0.6 is 23.2 Å². The highest BCUT2D eigenvalue weighted by Crippen LogP contribution is 2.27. The Balaban J connectivity index is 1.71. The molecule has 0 aromatic heterocycles. The van der Waals surface area contributed by atoms with Gasteiger partial charge in [0.25, 0.3) is 0 Å². The number of nitrogens with zero attached hydrogens (tertiary/aromatic N) is 2. The van der Waals surface area contributed by atoms with Crippen molar-refractivity contribution in [1.29, 1.82) is 0 Å². The van der Waals surface area contributed by atoms with Crippen LogP contribution in [-0.4, -0.2) is 36.0 Å². The molecule has 1 aliphatic heterocycles. The quantitative estimate of drug-likeness (QED) is 0.630. The van der Waals surface area contributed by atoms with Crippen LogP contribution in [0.15, 0.2) is 48.5 Å². The maximum absolute atomic E-state index is 6.41. The standard InChI is InChI=1S/C21H26Cl2N2/c1-24-13-6-9-18(24)12-14-25(15-17-7-3-2-4-8-17)16-19-20(22)10-5-11-21(19)23/h2-5,7-8,10-11,18H,6,9,12-16H2,1H3. The normalized spacial score (nSPS) is 18.2. The predicted octanol–water partition coefficient (Wildman–Crippen LogP) is 5.48. The van der Waals surface area contributed by atoms with Gasteiger partial charge in [0.15, 0.2) is 0 Å². The zero-order chi connectivity index (χ0) is 17.6. The third-order valence-electron chi connectivity index (χ3n) is 5.14. The maximum atomic E-state index is 6.41. The summed E-state index contributed by atoms with van der Waals surface area (Å²) >= 11 is 12.8. The van der Waals surface area contributed by atoms with E-state index in [4.69, 9.17) is 23.2 Å². The van der Waals surface area contributed by atoms with E-state index in [9.17, 15) is 0 Å². The highest BCUT2D eigenvalue weighted by Gasteiger charge is 2.22. The molecule has 1 atom stereocenters. The van der Waals surface area contributed by atoms with Crippen molar-refractivity contribution < 1.29 is 0 Å². The molecule has 1 heterocycles. The fourth-order valence-corrected chi connectivity index (χ4v) is 4.16. The molecule has 4 heteroatoms. The molecule has 1 aliphatic rings. The van der Waals surface area contributed by atoms with Gasteiger partial charge in [-0.2, -0.15) is 0 Å². The predicted molar refractivity (Wildman–Crippen MR) is 107 cm³/mol. The summed E-state index contributed by atoms with van der Waals surface area (Å²) < 4.78 is 0. The zero-order valence-electron chi connectivity index (χ0n) is 14.8. The smallest absolute Gasteiger partial charge is 0.0465 e. The van der Waals surface area contributed by atoms with Crippen molar-refractivity contribution in [2.75, 3.05) is 20.1 Å². The van der Waals surface area contributed by atoms with Crippen molar-refractivity contribution in [3.8, 4) is 0 Å². The van der Waals surface area contributed by atoms with Crippen LogP contribution in [0.5, 0.6) is 0 Å². The lowest BCUT2D eigenvalue weighted by atomic mass is 10.1. The van der Waals surface area contributed by atoms with Crippen molar-refractivity contribution in [1.82, 2.24) is 9.80 Å². The Morgan fingerprint density at radius 2 is 1.72 bits per heavy atom. The fraction of sp³-hybridized carbons (Fsp3) is 0.429. The van der Waals surface area contributed by atoms with Crippen LogP contribution in [0.2, 0.25) is 10.0 Å². The van der Waals surface area contributed by atoms with Crippen molar-refractivity contribution in [2.24, 2.45) is 0 Å². The van der Waals surface area contributed by atoms with Crippen molar-refractivity contribution >= 4 is 23.2 Å². The van der Waals surface area contributed by atoms with Gasteiger partial charge in [0.1, 0.15) is 0 Å². The topological polar surface area (TPSA) is 6.48 Å². The van der Waals surface area contributed by atoms with Gasteiger partial charge in [0.2, 0.25) is 0 Å². The number of benzene rings is 2. The summed E-state index contributed by atoms with van der Waals surface area (Å²) in [5.74, 6) is 0. The maximum Gasteiger partial charge on any atom is 0.0465 e. The largest absolute Gasteiger partial charge is 0.303 e. The molecule has 0 radical (unpaired) electrons. The molecular formula is C21H26Cl2N2. The summed E-state index contributed by atoms with van der Waals surface area (Å²) in [5.41, 5.74) is 2.35. The number of likely N-dealkylation sites (tertiary alicyclic amines) is 1. The summed E-state index contributed by atoms with van der Waals surface area (Å²) in [6.07, 6.45) is 3.81. The van der Waals surface area contributed by atoms with Gasteiger partial charge in [-0.05, 0) is 50.6 Å². The molecule has 2 nitrogen and oxygen atoms in total. The molecule has 134 valence electrons. The van der Waals surface area contributed by atoms with Crippen LogP contribution in [0.25, 0.3) is 0 Å². The van der Waals surface area contributed by atoms with E-state index in [1.165, 1.54) is 31.4 Å².